The van der Waals surface area contributed by atoms with Crippen molar-refractivity contribution in [3.8, 4) is 11.1 Å². The third-order valence-electron chi connectivity index (χ3n) is 7.30. The van der Waals surface area contributed by atoms with Gasteiger partial charge >= 0.3 is 0 Å². The Labute approximate surface area is 263 Å². The van der Waals surface area contributed by atoms with Crippen LogP contribution in [-0.2, 0) is 38.3 Å². The number of methoxy groups -OCH3 is 1. The second-order valence-corrected chi connectivity index (χ2v) is 12.2. The van der Waals surface area contributed by atoms with E-state index < -0.39 is 32.7 Å². The van der Waals surface area contributed by atoms with Gasteiger partial charge in [0, 0.05) is 73.3 Å². The van der Waals surface area contributed by atoms with E-state index in [1.165, 1.54) is 42.3 Å². The summed E-state index contributed by atoms with van der Waals surface area (Å²) in [7, 11) is -0.0783. The summed E-state index contributed by atoms with van der Waals surface area (Å²) >= 11 is 0. The molecule has 14 heteroatoms. The summed E-state index contributed by atoms with van der Waals surface area (Å²) in [5.41, 5.74) is 5.53. The molecule has 45 heavy (non-hydrogen) atoms. The molecule has 240 valence electrons. The molecule has 0 bridgehead atoms. The van der Waals surface area contributed by atoms with E-state index in [0.717, 1.165) is 17.5 Å². The molecule has 1 heterocycles. The quantitative estimate of drug-likeness (QED) is 0.0783. The Morgan fingerprint density at radius 2 is 1.87 bits per heavy atom. The Morgan fingerprint density at radius 1 is 1.18 bits per heavy atom. The zero-order valence-corrected chi connectivity index (χ0v) is 26.5. The van der Waals surface area contributed by atoms with Crippen molar-refractivity contribution < 1.29 is 23.5 Å². The number of nitrogens with zero attached hydrogens (tertiary/aromatic N) is 4. The lowest BCUT2D eigenvalue weighted by Crippen LogP contribution is -2.49. The molecular formula is C31H38N6O7S. The highest BCUT2D eigenvalue weighted by molar-refractivity contribution is 7.86. The van der Waals surface area contributed by atoms with Crippen LogP contribution < -0.4 is 16.9 Å². The van der Waals surface area contributed by atoms with Crippen molar-refractivity contribution in [2.75, 3.05) is 13.4 Å². The average molecular weight is 639 g/mol. The summed E-state index contributed by atoms with van der Waals surface area (Å²) in [6.07, 6.45) is 5.50. The van der Waals surface area contributed by atoms with E-state index in [4.69, 9.17) is 15.4 Å². The maximum absolute atomic E-state index is 13.0. The van der Waals surface area contributed by atoms with Crippen LogP contribution in [0.3, 0.4) is 0 Å². The summed E-state index contributed by atoms with van der Waals surface area (Å²) in [5.74, 6) is 5.04. The number of carbonyl (C=O) groups is 1. The van der Waals surface area contributed by atoms with E-state index in [0.29, 0.717) is 29.8 Å². The van der Waals surface area contributed by atoms with Gasteiger partial charge in [0.15, 0.2) is 6.29 Å². The van der Waals surface area contributed by atoms with Crippen LogP contribution in [0.15, 0.2) is 81.7 Å². The standard InChI is InChI=1S/C31H38N6O7S/c1-5-6-29(43-3)44-35-30(39)31(2,45(4)42)16-18-36-17-15-25(19-28(36)38)23-9-11-24(12-10-23)27(34-32)21-33-20-22-7-13-26(14-8-22)37(40)41/h7-15,17,19,21,29H,5-6,16,18,20,32H2,1-4H3,(H,35,39)/b33-21?,34-27+. The monoisotopic (exact) mass is 638 g/mol. The van der Waals surface area contributed by atoms with Gasteiger partial charge in [-0.25, -0.2) is 10.3 Å². The zero-order valence-electron chi connectivity index (χ0n) is 25.7. The highest BCUT2D eigenvalue weighted by Crippen LogP contribution is 2.21. The number of hydrogen-bond donors (Lipinski definition) is 2. The number of hydrogen-bond acceptors (Lipinski definition) is 10. The van der Waals surface area contributed by atoms with Crippen LogP contribution >= 0.6 is 0 Å². The average Bonchev–Trinajstić information content (AvgIpc) is 3.04. The number of aliphatic imine (C=N–C) groups is 1. The Morgan fingerprint density at radius 3 is 2.42 bits per heavy atom. The van der Waals surface area contributed by atoms with Crippen molar-refractivity contribution in [3.05, 3.63) is 98.5 Å². The highest BCUT2D eigenvalue weighted by atomic mass is 32.2. The Hall–Kier alpha value is -4.53. The first kappa shape index (κ1) is 35.0. The van der Waals surface area contributed by atoms with Crippen LogP contribution in [0.25, 0.3) is 11.1 Å². The third-order valence-corrected chi connectivity index (χ3v) is 8.96. The van der Waals surface area contributed by atoms with Gasteiger partial charge in [-0.15, -0.1) is 0 Å². The van der Waals surface area contributed by atoms with Crippen molar-refractivity contribution in [3.63, 3.8) is 0 Å². The third kappa shape index (κ3) is 9.48. The minimum atomic E-state index is -1.55. The SMILES string of the molecule is CCCC(OC)ONC(=O)C(C)(CCn1ccc(-c2ccc(/C(C=NCc3ccc([N+](=O)[O-])cc3)=N/N)cc2)cc1=O)S(C)=O. The van der Waals surface area contributed by atoms with Crippen molar-refractivity contribution in [1.82, 2.24) is 10.0 Å². The molecule has 0 saturated heterocycles. The number of hydrazone groups is 1. The predicted octanol–water partition coefficient (Wildman–Crippen LogP) is 3.71. The van der Waals surface area contributed by atoms with Gasteiger partial charge in [0.1, 0.15) is 10.5 Å². The number of nitrogens with two attached hydrogens (primary N) is 1. The van der Waals surface area contributed by atoms with E-state index >= 15 is 0 Å². The zero-order chi connectivity index (χ0) is 33.0. The number of hydroxylamine groups is 1. The van der Waals surface area contributed by atoms with Crippen molar-refractivity contribution in [1.29, 1.82) is 0 Å². The summed E-state index contributed by atoms with van der Waals surface area (Å²) in [6.45, 7) is 3.99. The van der Waals surface area contributed by atoms with Gasteiger partial charge in [-0.1, -0.05) is 49.7 Å². The Kier molecular flexibility index (Phi) is 12.8. The topological polar surface area (TPSA) is 181 Å². The highest BCUT2D eigenvalue weighted by Gasteiger charge is 2.38. The molecule has 0 spiro atoms. The van der Waals surface area contributed by atoms with Gasteiger partial charge in [0.2, 0.25) is 0 Å². The van der Waals surface area contributed by atoms with Gasteiger partial charge in [-0.2, -0.15) is 5.10 Å². The molecule has 0 saturated carbocycles. The molecule has 0 fully saturated rings. The normalized spacial score (nSPS) is 14.5. The predicted molar refractivity (Wildman–Crippen MR) is 174 cm³/mol. The van der Waals surface area contributed by atoms with Crippen molar-refractivity contribution in [2.45, 2.75) is 57.2 Å². The molecule has 3 aromatic rings. The molecule has 3 N–H and O–H groups in total. The van der Waals surface area contributed by atoms with Crippen LogP contribution in [0.2, 0.25) is 0 Å². The molecule has 0 aliphatic carbocycles. The van der Waals surface area contributed by atoms with Gasteiger partial charge in [-0.3, -0.25) is 28.9 Å². The summed E-state index contributed by atoms with van der Waals surface area (Å²) in [4.78, 5) is 45.9. The second-order valence-electron chi connectivity index (χ2n) is 10.4. The van der Waals surface area contributed by atoms with E-state index in [2.05, 4.69) is 15.6 Å². The smallest absolute Gasteiger partial charge is 0.269 e. The Bertz CT molecular complexity index is 1610. The first-order chi connectivity index (χ1) is 21.5. The van der Waals surface area contributed by atoms with Crippen LogP contribution in [0, 0.1) is 10.1 Å². The van der Waals surface area contributed by atoms with Crippen LogP contribution in [0.1, 0.15) is 44.2 Å². The van der Waals surface area contributed by atoms with Crippen molar-refractivity contribution >= 4 is 34.3 Å². The number of nitrogens with one attached hydrogen (secondary N) is 1. The van der Waals surface area contributed by atoms with E-state index in [9.17, 15) is 23.9 Å². The fourth-order valence-corrected chi connectivity index (χ4v) is 4.94. The summed E-state index contributed by atoms with van der Waals surface area (Å²) in [5, 5.41) is 14.6. The number of pyridine rings is 1. The van der Waals surface area contributed by atoms with Gasteiger partial charge < -0.3 is 15.1 Å². The molecule has 2 aromatic carbocycles. The number of aromatic nitrogens is 1. The number of non-ortho nitro benzene ring substituents is 1. The van der Waals surface area contributed by atoms with Crippen molar-refractivity contribution in [2.24, 2.45) is 15.9 Å². The molecule has 0 radical (unpaired) electrons. The fraction of sp³-hybridized carbons (Fsp3) is 0.355. The van der Waals surface area contributed by atoms with E-state index in [1.54, 1.807) is 31.3 Å². The van der Waals surface area contributed by atoms with Crippen LogP contribution in [-0.4, -0.2) is 55.9 Å². The van der Waals surface area contributed by atoms with Crippen LogP contribution in [0.4, 0.5) is 5.69 Å². The fourth-order valence-electron chi connectivity index (χ4n) is 4.26. The van der Waals surface area contributed by atoms with E-state index in [1.807, 2.05) is 31.2 Å². The molecule has 0 aliphatic heterocycles. The second kappa shape index (κ2) is 16.5. The lowest BCUT2D eigenvalue weighted by atomic mass is 10.0. The minimum Gasteiger partial charge on any atom is -0.354 e. The van der Waals surface area contributed by atoms with Gasteiger partial charge in [0.05, 0.1) is 11.5 Å². The number of nitro benzene ring substituents is 1. The summed E-state index contributed by atoms with van der Waals surface area (Å²) < 4.78 is 17.9. The lowest BCUT2D eigenvalue weighted by Gasteiger charge is -2.27. The first-order valence-electron chi connectivity index (χ1n) is 14.2. The molecule has 0 aliphatic rings. The van der Waals surface area contributed by atoms with E-state index in [-0.39, 0.29) is 24.2 Å². The maximum Gasteiger partial charge on any atom is 0.269 e. The molecule has 3 rings (SSSR count). The molecule has 13 nitrogen and oxygen atoms in total. The molecule has 1 aromatic heterocycles. The largest absolute Gasteiger partial charge is 0.354 e. The number of rotatable bonds is 16. The molecular weight excluding hydrogens is 600 g/mol. The molecule has 3 atom stereocenters. The first-order valence-corrected chi connectivity index (χ1v) is 15.7. The number of nitro groups is 1. The lowest BCUT2D eigenvalue weighted by molar-refractivity contribution is -0.384. The molecule has 3 unspecified atom stereocenters. The number of aryl methyl sites for hydroxylation is 1. The van der Waals surface area contributed by atoms with Gasteiger partial charge in [0.25, 0.3) is 17.2 Å². The summed E-state index contributed by atoms with van der Waals surface area (Å²) in [6, 6.07) is 16.7. The number of amides is 1. The maximum atomic E-state index is 13.0. The Balaban J connectivity index is 1.65. The molecule has 1 amide bonds. The number of carbonyl (C=O) groups excluding carboxylic acids is 1. The van der Waals surface area contributed by atoms with Gasteiger partial charge in [-0.05, 0) is 36.1 Å². The number of benzene rings is 2. The minimum absolute atomic E-state index is 0.0101. The van der Waals surface area contributed by atoms with Crippen LogP contribution in [0.5, 0.6) is 0 Å². The number of ether oxygens (including phenoxy) is 1.